The van der Waals surface area contributed by atoms with Gasteiger partial charge in [-0.2, -0.15) is 0 Å². The summed E-state index contributed by atoms with van der Waals surface area (Å²) in [6.07, 6.45) is 2.05. The quantitative estimate of drug-likeness (QED) is 0.473. The Labute approximate surface area is 170 Å². The first-order valence-electron chi connectivity index (χ1n) is 9.84. The van der Waals surface area contributed by atoms with Gasteiger partial charge in [-0.3, -0.25) is 20.4 Å². The van der Waals surface area contributed by atoms with Gasteiger partial charge < -0.3 is 9.30 Å². The van der Waals surface area contributed by atoms with Crippen molar-refractivity contribution in [3.63, 3.8) is 0 Å². The zero-order valence-electron chi connectivity index (χ0n) is 17.0. The van der Waals surface area contributed by atoms with Gasteiger partial charge in [0.2, 0.25) is 0 Å². The minimum absolute atomic E-state index is 0.398. The second-order valence-electron chi connectivity index (χ2n) is 6.74. The van der Waals surface area contributed by atoms with E-state index >= 15 is 0 Å². The van der Waals surface area contributed by atoms with Crippen LogP contribution >= 0.6 is 0 Å². The normalized spacial score (nSPS) is 10.7. The van der Waals surface area contributed by atoms with Gasteiger partial charge in [0.25, 0.3) is 11.8 Å². The van der Waals surface area contributed by atoms with E-state index < -0.39 is 11.8 Å². The minimum Gasteiger partial charge on any atom is -0.494 e. The highest BCUT2D eigenvalue weighted by Crippen LogP contribution is 2.18. The molecule has 0 spiro atoms. The summed E-state index contributed by atoms with van der Waals surface area (Å²) in [4.78, 5) is 29.2. The van der Waals surface area contributed by atoms with E-state index in [9.17, 15) is 9.59 Å². The second-order valence-corrected chi connectivity index (χ2v) is 6.74. The molecule has 3 rings (SSSR count). The summed E-state index contributed by atoms with van der Waals surface area (Å²) in [5.74, 6) is 0.818. The topological polar surface area (TPSA) is 85.2 Å². The lowest BCUT2D eigenvalue weighted by atomic mass is 10.2. The minimum atomic E-state index is -0.400. The third-order valence-electron chi connectivity index (χ3n) is 4.69. The second kappa shape index (κ2) is 9.23. The molecule has 0 bridgehead atoms. The van der Waals surface area contributed by atoms with Crippen molar-refractivity contribution in [1.82, 2.24) is 20.4 Å². The third kappa shape index (κ3) is 4.74. The summed E-state index contributed by atoms with van der Waals surface area (Å²) >= 11 is 0. The van der Waals surface area contributed by atoms with E-state index in [1.54, 1.807) is 36.4 Å². The van der Waals surface area contributed by atoms with Crippen LogP contribution in [0.3, 0.4) is 0 Å². The van der Waals surface area contributed by atoms with Crippen molar-refractivity contribution >= 4 is 22.8 Å². The van der Waals surface area contributed by atoms with Crippen molar-refractivity contribution < 1.29 is 14.3 Å². The Morgan fingerprint density at radius 1 is 1.00 bits per heavy atom. The van der Waals surface area contributed by atoms with Crippen LogP contribution in [0.25, 0.3) is 11.0 Å². The van der Waals surface area contributed by atoms with Crippen LogP contribution in [0.15, 0.2) is 42.5 Å². The van der Waals surface area contributed by atoms with Crippen molar-refractivity contribution in [1.29, 1.82) is 0 Å². The van der Waals surface area contributed by atoms with Gasteiger partial charge in [-0.1, -0.05) is 13.3 Å². The number of benzene rings is 2. The number of nitrogens with one attached hydrogen (secondary N) is 2. The Bertz CT molecular complexity index is 1010. The Kier molecular flexibility index (Phi) is 6.49. The first-order valence-corrected chi connectivity index (χ1v) is 9.84. The summed E-state index contributed by atoms with van der Waals surface area (Å²) in [6, 6.07) is 12.1. The van der Waals surface area contributed by atoms with Crippen LogP contribution in [0, 0.1) is 6.92 Å². The molecule has 1 heterocycles. The Hall–Kier alpha value is -3.35. The van der Waals surface area contributed by atoms with Crippen LogP contribution in [0.5, 0.6) is 5.75 Å². The van der Waals surface area contributed by atoms with Crippen molar-refractivity contribution in [2.75, 3.05) is 6.61 Å². The number of carbonyl (C=O) groups excluding carboxylic acids is 2. The lowest BCUT2D eigenvalue weighted by molar-refractivity contribution is 0.0846. The van der Waals surface area contributed by atoms with Crippen LogP contribution < -0.4 is 15.6 Å². The number of fused-ring (bicyclic) bond motifs is 1. The number of ether oxygens (including phenoxy) is 1. The van der Waals surface area contributed by atoms with Crippen molar-refractivity contribution in [3.05, 3.63) is 59.4 Å². The van der Waals surface area contributed by atoms with Crippen LogP contribution in [0.1, 0.15) is 53.2 Å². The van der Waals surface area contributed by atoms with Crippen LogP contribution in [0.4, 0.5) is 0 Å². The largest absolute Gasteiger partial charge is 0.494 e. The van der Waals surface area contributed by atoms with Crippen LogP contribution in [-0.2, 0) is 6.54 Å². The van der Waals surface area contributed by atoms with Gasteiger partial charge in [0.15, 0.2) is 0 Å². The molecule has 2 amide bonds. The summed E-state index contributed by atoms with van der Waals surface area (Å²) in [5, 5.41) is 0. The zero-order chi connectivity index (χ0) is 20.8. The summed E-state index contributed by atoms with van der Waals surface area (Å²) in [5.41, 5.74) is 7.48. The molecule has 29 heavy (non-hydrogen) atoms. The van der Waals surface area contributed by atoms with Crippen LogP contribution in [-0.4, -0.2) is 28.0 Å². The predicted octanol–water partition coefficient (Wildman–Crippen LogP) is 3.62. The molecule has 1 aromatic heterocycles. The number of imidazole rings is 1. The molecule has 0 fully saturated rings. The molecule has 0 aliphatic carbocycles. The number of amides is 2. The monoisotopic (exact) mass is 394 g/mol. The van der Waals surface area contributed by atoms with E-state index in [4.69, 9.17) is 4.74 Å². The highest BCUT2D eigenvalue weighted by molar-refractivity contribution is 6.00. The average molecular weight is 394 g/mol. The zero-order valence-corrected chi connectivity index (χ0v) is 17.0. The summed E-state index contributed by atoms with van der Waals surface area (Å²) < 4.78 is 7.66. The summed E-state index contributed by atoms with van der Waals surface area (Å²) in [7, 11) is 0. The van der Waals surface area contributed by atoms with Crippen LogP contribution in [0.2, 0.25) is 0 Å². The molecule has 0 atom stereocenters. The molecule has 0 saturated carbocycles. The van der Waals surface area contributed by atoms with Gasteiger partial charge >= 0.3 is 0 Å². The highest BCUT2D eigenvalue weighted by Gasteiger charge is 2.12. The van der Waals surface area contributed by atoms with Gasteiger partial charge in [-0.15, -0.1) is 0 Å². The number of nitrogens with zero attached hydrogens (tertiary/aromatic N) is 2. The molecule has 3 aromatic rings. The van der Waals surface area contributed by atoms with Crippen molar-refractivity contribution in [2.24, 2.45) is 0 Å². The lowest BCUT2D eigenvalue weighted by Crippen LogP contribution is -2.41. The van der Waals surface area contributed by atoms with E-state index in [-0.39, 0.29) is 0 Å². The smallest absolute Gasteiger partial charge is 0.269 e. The lowest BCUT2D eigenvalue weighted by Gasteiger charge is -2.09. The van der Waals surface area contributed by atoms with E-state index in [2.05, 4.69) is 27.3 Å². The number of hydrogen-bond acceptors (Lipinski definition) is 4. The van der Waals surface area contributed by atoms with E-state index in [0.29, 0.717) is 23.5 Å². The maximum absolute atomic E-state index is 12.4. The highest BCUT2D eigenvalue weighted by atomic mass is 16.5. The molecule has 0 unspecified atom stereocenters. The fourth-order valence-electron chi connectivity index (χ4n) is 3.09. The first kappa shape index (κ1) is 20.4. The Balaban J connectivity index is 1.60. The van der Waals surface area contributed by atoms with E-state index in [1.165, 1.54) is 0 Å². The standard InChI is InChI=1S/C22H26N4O3/c1-4-6-13-29-18-10-7-16(8-11-18)21(27)24-25-22(28)17-9-12-20-19(14-17)23-15(3)26(20)5-2/h7-12,14H,4-6,13H2,1-3H3,(H,24,27)(H,25,28). The molecule has 0 radical (unpaired) electrons. The number of rotatable bonds is 7. The first-order chi connectivity index (χ1) is 14.0. The number of aryl methyl sites for hydroxylation is 2. The fourth-order valence-corrected chi connectivity index (χ4v) is 3.09. The molecule has 2 aromatic carbocycles. The van der Waals surface area contributed by atoms with Crippen molar-refractivity contribution in [2.45, 2.75) is 40.2 Å². The number of unbranched alkanes of at least 4 members (excludes halogenated alkanes) is 1. The van der Waals surface area contributed by atoms with Crippen molar-refractivity contribution in [3.8, 4) is 5.75 Å². The SMILES string of the molecule is CCCCOc1ccc(C(=O)NNC(=O)c2ccc3c(c2)nc(C)n3CC)cc1. The van der Waals surface area contributed by atoms with E-state index in [1.807, 2.05) is 19.9 Å². The molecular formula is C22H26N4O3. The molecule has 0 aliphatic heterocycles. The van der Waals surface area contributed by atoms with Gasteiger partial charge in [0.1, 0.15) is 11.6 Å². The fraction of sp³-hybridized carbons (Fsp3) is 0.318. The van der Waals surface area contributed by atoms with E-state index in [0.717, 1.165) is 36.2 Å². The molecular weight excluding hydrogens is 368 g/mol. The maximum atomic E-state index is 12.4. The van der Waals surface area contributed by atoms with Gasteiger partial charge in [0, 0.05) is 17.7 Å². The molecule has 152 valence electrons. The average Bonchev–Trinajstić information content (AvgIpc) is 3.06. The Morgan fingerprint density at radius 3 is 2.31 bits per heavy atom. The van der Waals surface area contributed by atoms with Gasteiger partial charge in [-0.05, 0) is 62.7 Å². The summed E-state index contributed by atoms with van der Waals surface area (Å²) in [6.45, 7) is 7.55. The number of carbonyl (C=O) groups is 2. The van der Waals surface area contributed by atoms with Gasteiger partial charge in [0.05, 0.1) is 17.6 Å². The molecule has 7 nitrogen and oxygen atoms in total. The molecule has 2 N–H and O–H groups in total. The maximum Gasteiger partial charge on any atom is 0.269 e. The Morgan fingerprint density at radius 2 is 1.66 bits per heavy atom. The number of hydrogen-bond donors (Lipinski definition) is 2. The number of aromatic nitrogens is 2. The van der Waals surface area contributed by atoms with Gasteiger partial charge in [-0.25, -0.2) is 4.98 Å². The number of hydrazine groups is 1. The molecule has 7 heteroatoms. The molecule has 0 saturated heterocycles. The predicted molar refractivity (Wildman–Crippen MR) is 112 cm³/mol. The molecule has 0 aliphatic rings. The third-order valence-corrected chi connectivity index (χ3v) is 4.69.